The zero-order valence-corrected chi connectivity index (χ0v) is 13.4. The monoisotopic (exact) mass is 337 g/mol. The van der Waals surface area contributed by atoms with Crippen LogP contribution in [0.4, 0.5) is 20.6 Å². The number of carbonyl (C=O) groups is 2. The van der Waals surface area contributed by atoms with Gasteiger partial charge in [0.25, 0.3) is 0 Å². The number of morpholine rings is 1. The predicted octanol–water partition coefficient (Wildman–Crippen LogP) is 1.28. The van der Waals surface area contributed by atoms with E-state index in [1.54, 1.807) is 29.2 Å². The number of carbonyl (C=O) groups excluding carboxylic acids is 2. The number of hydrogen-bond donors (Lipinski definition) is 1. The Kier molecular flexibility index (Phi) is 4.84. The summed E-state index contributed by atoms with van der Waals surface area (Å²) < 4.78 is 24.2. The molecule has 2 saturated heterocycles. The fourth-order valence-electron chi connectivity index (χ4n) is 2.78. The lowest BCUT2D eigenvalue weighted by Gasteiger charge is -2.32. The molecule has 0 radical (unpaired) electrons. The van der Waals surface area contributed by atoms with Gasteiger partial charge >= 0.3 is 6.09 Å². The summed E-state index contributed by atoms with van der Waals surface area (Å²) in [7, 11) is 0. The fourth-order valence-corrected chi connectivity index (χ4v) is 2.78. The van der Waals surface area contributed by atoms with Crippen LogP contribution < -0.4 is 15.1 Å². The highest BCUT2D eigenvalue weighted by Gasteiger charge is 2.32. The number of cyclic esters (lactones) is 1. The molecule has 130 valence electrons. The second-order valence-corrected chi connectivity index (χ2v) is 5.77. The first-order chi connectivity index (χ1) is 11.5. The largest absolute Gasteiger partial charge is 0.442 e. The molecular formula is C16H20FN3O4. The Labute approximate surface area is 139 Å². The molecule has 0 aromatic heterocycles. The second-order valence-electron chi connectivity index (χ2n) is 5.77. The number of nitrogens with one attached hydrogen (secondary N) is 1. The van der Waals surface area contributed by atoms with Crippen LogP contribution in [0.15, 0.2) is 24.3 Å². The molecule has 1 aromatic carbocycles. The molecule has 0 spiro atoms. The molecule has 2 heterocycles. The van der Waals surface area contributed by atoms with Crippen LogP contribution >= 0.6 is 0 Å². The van der Waals surface area contributed by atoms with Gasteiger partial charge < -0.3 is 19.7 Å². The quantitative estimate of drug-likeness (QED) is 0.838. The molecule has 2 aliphatic rings. The molecule has 2 atom stereocenters. The van der Waals surface area contributed by atoms with Crippen molar-refractivity contribution >= 4 is 23.4 Å². The number of hydrogen-bond acceptors (Lipinski definition) is 5. The highest BCUT2D eigenvalue weighted by atomic mass is 19.1. The van der Waals surface area contributed by atoms with Gasteiger partial charge in [0.05, 0.1) is 26.3 Å². The van der Waals surface area contributed by atoms with E-state index in [0.29, 0.717) is 25.4 Å². The minimum Gasteiger partial charge on any atom is -0.442 e. The fraction of sp³-hybridized carbons (Fsp3) is 0.500. The Bertz CT molecular complexity index is 610. The van der Waals surface area contributed by atoms with Crippen molar-refractivity contribution in [1.29, 1.82) is 0 Å². The Morgan fingerprint density at radius 3 is 2.71 bits per heavy atom. The Hall–Kier alpha value is -2.35. The zero-order valence-electron chi connectivity index (χ0n) is 13.4. The Balaban J connectivity index is 1.65. The van der Waals surface area contributed by atoms with Gasteiger partial charge in [0.2, 0.25) is 5.91 Å². The van der Waals surface area contributed by atoms with E-state index in [0.717, 1.165) is 5.69 Å². The molecule has 0 aliphatic carbocycles. The highest BCUT2D eigenvalue weighted by Crippen LogP contribution is 2.26. The van der Waals surface area contributed by atoms with Crippen molar-refractivity contribution in [1.82, 2.24) is 5.32 Å². The standard InChI is InChI=1S/C16H20FN3O4/c1-11(21)18-8-14-9-20(16(22)24-14)13-4-2-12(3-5-13)19-6-7-23-10-15(19)17/h2-5,14-15H,6-10H2,1H3,(H,18,21). The van der Waals surface area contributed by atoms with E-state index in [2.05, 4.69) is 5.32 Å². The number of benzene rings is 1. The molecule has 0 bridgehead atoms. The Morgan fingerprint density at radius 1 is 1.33 bits per heavy atom. The maximum Gasteiger partial charge on any atom is 0.414 e. The molecule has 2 aliphatic heterocycles. The summed E-state index contributed by atoms with van der Waals surface area (Å²) in [6, 6.07) is 7.09. The molecule has 1 aromatic rings. The summed E-state index contributed by atoms with van der Waals surface area (Å²) in [6.45, 7) is 3.10. The molecule has 7 nitrogen and oxygen atoms in total. The summed E-state index contributed by atoms with van der Waals surface area (Å²) in [4.78, 5) is 26.0. The average Bonchev–Trinajstić information content (AvgIpc) is 2.94. The van der Waals surface area contributed by atoms with Gasteiger partial charge in [0, 0.05) is 24.8 Å². The van der Waals surface area contributed by atoms with Crippen molar-refractivity contribution in [2.75, 3.05) is 42.6 Å². The summed E-state index contributed by atoms with van der Waals surface area (Å²) in [5.41, 5.74) is 1.43. The van der Waals surface area contributed by atoms with Crippen LogP contribution in [0.3, 0.4) is 0 Å². The molecular weight excluding hydrogens is 317 g/mol. The number of rotatable bonds is 4. The molecule has 24 heavy (non-hydrogen) atoms. The third-order valence-electron chi connectivity index (χ3n) is 4.02. The molecule has 1 N–H and O–H groups in total. The van der Waals surface area contributed by atoms with E-state index >= 15 is 0 Å². The number of anilines is 2. The highest BCUT2D eigenvalue weighted by molar-refractivity contribution is 5.90. The first-order valence-electron chi connectivity index (χ1n) is 7.85. The first kappa shape index (κ1) is 16.5. The van der Waals surface area contributed by atoms with Crippen LogP contribution in [0.1, 0.15) is 6.92 Å². The van der Waals surface area contributed by atoms with Crippen LogP contribution in [0, 0.1) is 0 Å². The smallest absolute Gasteiger partial charge is 0.414 e. The normalized spacial score (nSPS) is 24.0. The number of amides is 2. The molecule has 8 heteroatoms. The van der Waals surface area contributed by atoms with Crippen molar-refractivity contribution in [2.45, 2.75) is 19.3 Å². The van der Waals surface area contributed by atoms with E-state index in [4.69, 9.17) is 9.47 Å². The van der Waals surface area contributed by atoms with Gasteiger partial charge in [0.15, 0.2) is 6.30 Å². The van der Waals surface area contributed by atoms with Crippen molar-refractivity contribution in [3.05, 3.63) is 24.3 Å². The van der Waals surface area contributed by atoms with Crippen molar-refractivity contribution in [3.8, 4) is 0 Å². The minimum absolute atomic E-state index is 0.0605. The maximum atomic E-state index is 13.9. The van der Waals surface area contributed by atoms with Crippen LogP contribution in [0.5, 0.6) is 0 Å². The third-order valence-corrected chi connectivity index (χ3v) is 4.02. The van der Waals surface area contributed by atoms with Crippen molar-refractivity contribution < 1.29 is 23.5 Å². The lowest BCUT2D eigenvalue weighted by atomic mass is 10.2. The van der Waals surface area contributed by atoms with Crippen LogP contribution in [0.25, 0.3) is 0 Å². The number of ether oxygens (including phenoxy) is 2. The SMILES string of the molecule is CC(=O)NCC1CN(c2ccc(N3CCOCC3F)cc2)C(=O)O1. The van der Waals surface area contributed by atoms with Gasteiger partial charge in [-0.2, -0.15) is 0 Å². The maximum absolute atomic E-state index is 13.9. The molecule has 2 amide bonds. The number of alkyl halides is 1. The van der Waals surface area contributed by atoms with E-state index < -0.39 is 12.4 Å². The van der Waals surface area contributed by atoms with E-state index in [1.165, 1.54) is 11.8 Å². The summed E-state index contributed by atoms with van der Waals surface area (Å²) in [5, 5.41) is 2.63. The van der Waals surface area contributed by atoms with E-state index in [-0.39, 0.29) is 25.2 Å². The van der Waals surface area contributed by atoms with Gasteiger partial charge in [-0.3, -0.25) is 9.69 Å². The lowest BCUT2D eigenvalue weighted by Crippen LogP contribution is -2.42. The lowest BCUT2D eigenvalue weighted by molar-refractivity contribution is -0.119. The number of halogens is 1. The van der Waals surface area contributed by atoms with Crippen molar-refractivity contribution in [3.63, 3.8) is 0 Å². The average molecular weight is 337 g/mol. The van der Waals surface area contributed by atoms with E-state index in [9.17, 15) is 14.0 Å². The molecule has 0 saturated carbocycles. The number of nitrogens with zero attached hydrogens (tertiary/aromatic N) is 2. The third kappa shape index (κ3) is 3.59. The van der Waals surface area contributed by atoms with Crippen LogP contribution in [-0.4, -0.2) is 57.2 Å². The summed E-state index contributed by atoms with van der Waals surface area (Å²) in [6.07, 6.45) is -1.99. The summed E-state index contributed by atoms with van der Waals surface area (Å²) in [5.74, 6) is -0.167. The van der Waals surface area contributed by atoms with Gasteiger partial charge in [-0.25, -0.2) is 9.18 Å². The van der Waals surface area contributed by atoms with Gasteiger partial charge in [-0.15, -0.1) is 0 Å². The summed E-state index contributed by atoms with van der Waals surface area (Å²) >= 11 is 0. The van der Waals surface area contributed by atoms with Crippen molar-refractivity contribution in [2.24, 2.45) is 0 Å². The molecule has 2 fully saturated rings. The topological polar surface area (TPSA) is 71.1 Å². The molecule has 2 unspecified atom stereocenters. The van der Waals surface area contributed by atoms with Crippen LogP contribution in [0.2, 0.25) is 0 Å². The van der Waals surface area contributed by atoms with E-state index in [1.807, 2.05) is 0 Å². The van der Waals surface area contributed by atoms with Gasteiger partial charge in [-0.1, -0.05) is 0 Å². The van der Waals surface area contributed by atoms with Crippen LogP contribution in [-0.2, 0) is 14.3 Å². The van der Waals surface area contributed by atoms with Gasteiger partial charge in [-0.05, 0) is 24.3 Å². The first-order valence-corrected chi connectivity index (χ1v) is 7.85. The second kappa shape index (κ2) is 7.04. The predicted molar refractivity (Wildman–Crippen MR) is 85.8 cm³/mol. The Morgan fingerprint density at radius 2 is 2.04 bits per heavy atom. The van der Waals surface area contributed by atoms with Gasteiger partial charge in [0.1, 0.15) is 6.10 Å². The minimum atomic E-state index is -1.16. The zero-order chi connectivity index (χ0) is 17.1. The molecule has 3 rings (SSSR count).